The molecule has 3 aliphatic rings. The second-order valence-corrected chi connectivity index (χ2v) is 12.2. The molecule has 0 radical (unpaired) electrons. The second-order valence-electron chi connectivity index (χ2n) is 12.2. The molecule has 0 amide bonds. The zero-order chi connectivity index (χ0) is 32.9. The predicted molar refractivity (Wildman–Crippen MR) is 191 cm³/mol. The number of fused-ring (bicyclic) bond motifs is 6. The molecule has 1 atom stereocenters. The fourth-order valence-electron chi connectivity index (χ4n) is 6.88. The molecule has 8 rings (SSSR count). The molecule has 0 fully saturated rings. The fourth-order valence-corrected chi connectivity index (χ4v) is 6.88. The number of allylic oxidation sites excluding steroid dienone is 1. The largest absolute Gasteiger partial charge is 0.482 e. The van der Waals surface area contributed by atoms with Crippen LogP contribution in [0.25, 0.3) is 11.1 Å². The average Bonchev–Trinajstić information content (AvgIpc) is 3.39. The van der Waals surface area contributed by atoms with E-state index in [2.05, 4.69) is 40.6 Å². The lowest BCUT2D eigenvalue weighted by Gasteiger charge is -2.32. The average molecular weight is 634 g/mol. The molecule has 0 bridgehead atoms. The van der Waals surface area contributed by atoms with E-state index in [1.165, 1.54) is 29.2 Å². The van der Waals surface area contributed by atoms with Crippen LogP contribution in [0.2, 0.25) is 0 Å². The summed E-state index contributed by atoms with van der Waals surface area (Å²) in [5, 5.41) is 14.8. The molecule has 2 aliphatic carbocycles. The smallest absolute Gasteiger partial charge is 0.310 e. The van der Waals surface area contributed by atoms with Gasteiger partial charge in [-0.3, -0.25) is 19.9 Å². The zero-order valence-electron chi connectivity index (χ0n) is 26.5. The van der Waals surface area contributed by atoms with Crippen molar-refractivity contribution in [2.45, 2.75) is 44.6 Å². The van der Waals surface area contributed by atoms with Crippen LogP contribution >= 0.6 is 0 Å². The van der Waals surface area contributed by atoms with Gasteiger partial charge in [0, 0.05) is 24.0 Å². The molecule has 7 nitrogen and oxygen atoms in total. The monoisotopic (exact) mass is 633 g/mol. The molecule has 0 aromatic heterocycles. The summed E-state index contributed by atoms with van der Waals surface area (Å²) in [4.78, 5) is 29.6. The summed E-state index contributed by atoms with van der Waals surface area (Å²) in [6, 6.07) is 34.7. The van der Waals surface area contributed by atoms with Crippen molar-refractivity contribution in [3.8, 4) is 16.9 Å². The van der Waals surface area contributed by atoms with E-state index in [0.29, 0.717) is 12.0 Å². The molecule has 1 heterocycles. The van der Waals surface area contributed by atoms with Gasteiger partial charge in [-0.15, -0.1) is 0 Å². The van der Waals surface area contributed by atoms with Crippen molar-refractivity contribution in [1.29, 1.82) is 0 Å². The number of carbonyl (C=O) groups excluding carboxylic acids is 1. The van der Waals surface area contributed by atoms with Gasteiger partial charge in [0.1, 0.15) is 6.61 Å². The van der Waals surface area contributed by atoms with Crippen LogP contribution in [0.3, 0.4) is 0 Å². The summed E-state index contributed by atoms with van der Waals surface area (Å²) in [7, 11) is 0. The van der Waals surface area contributed by atoms with E-state index in [0.717, 1.165) is 52.9 Å². The highest BCUT2D eigenvalue weighted by atomic mass is 16.6. The number of carbonyl (C=O) groups is 1. The van der Waals surface area contributed by atoms with E-state index in [-0.39, 0.29) is 29.7 Å². The molecule has 0 saturated heterocycles. The molecule has 238 valence electrons. The van der Waals surface area contributed by atoms with Gasteiger partial charge in [-0.05, 0) is 101 Å². The van der Waals surface area contributed by atoms with Crippen LogP contribution in [0.1, 0.15) is 56.9 Å². The van der Waals surface area contributed by atoms with Gasteiger partial charge < -0.3 is 10.1 Å². The maximum atomic E-state index is 14.1. The normalized spacial score (nSPS) is 15.2. The molecule has 1 unspecified atom stereocenters. The third kappa shape index (κ3) is 6.40. The SMILES string of the molecule is C1=CNc2ccccc2N=C1.O=C(c1ccc([N+](=O)[O-])c(OCc2ccccc2)c1)C1Cc2ccccc2-c2ccc3c(c21)CCCC3. The number of nitrogens with zero attached hydrogens (tertiary/aromatic N) is 2. The Balaban J connectivity index is 0.000000280. The van der Waals surface area contributed by atoms with Gasteiger partial charge in [0.2, 0.25) is 0 Å². The van der Waals surface area contributed by atoms with Gasteiger partial charge in [0.25, 0.3) is 0 Å². The minimum atomic E-state index is -0.461. The lowest BCUT2D eigenvalue weighted by atomic mass is 9.71. The summed E-state index contributed by atoms with van der Waals surface area (Å²) >= 11 is 0. The van der Waals surface area contributed by atoms with Crippen molar-refractivity contribution in [3.05, 3.63) is 165 Å². The highest BCUT2D eigenvalue weighted by Gasteiger charge is 2.34. The number of ether oxygens (including phenoxy) is 1. The number of nitro groups is 1. The maximum absolute atomic E-state index is 14.1. The summed E-state index contributed by atoms with van der Waals surface area (Å²) in [6.07, 6.45) is 10.5. The maximum Gasteiger partial charge on any atom is 0.310 e. The summed E-state index contributed by atoms with van der Waals surface area (Å²) < 4.78 is 5.89. The number of anilines is 1. The van der Waals surface area contributed by atoms with Crippen LogP contribution in [0.5, 0.6) is 5.75 Å². The number of nitro benzene ring substituents is 1. The van der Waals surface area contributed by atoms with Crippen molar-refractivity contribution in [3.63, 3.8) is 0 Å². The Morgan fingerprint density at radius 1 is 0.854 bits per heavy atom. The Kier molecular flexibility index (Phi) is 8.92. The molecule has 1 aliphatic heterocycles. The highest BCUT2D eigenvalue weighted by Crippen LogP contribution is 2.45. The number of Topliss-reactive ketones (excluding diaryl/α,β-unsaturated/α-hetero) is 1. The lowest BCUT2D eigenvalue weighted by Crippen LogP contribution is -2.23. The second kappa shape index (κ2) is 13.9. The van der Waals surface area contributed by atoms with E-state index in [1.54, 1.807) is 18.3 Å². The van der Waals surface area contributed by atoms with E-state index >= 15 is 0 Å². The molecule has 48 heavy (non-hydrogen) atoms. The quantitative estimate of drug-likeness (QED) is 0.114. The van der Waals surface area contributed by atoms with Crippen LogP contribution in [0, 0.1) is 10.1 Å². The van der Waals surface area contributed by atoms with Crippen molar-refractivity contribution < 1.29 is 14.5 Å². The van der Waals surface area contributed by atoms with Crippen molar-refractivity contribution in [2.75, 3.05) is 5.32 Å². The number of ketones is 1. The van der Waals surface area contributed by atoms with E-state index in [1.807, 2.05) is 72.9 Å². The first-order chi connectivity index (χ1) is 23.6. The Hall–Kier alpha value is -5.82. The van der Waals surface area contributed by atoms with Gasteiger partial charge in [-0.1, -0.05) is 78.9 Å². The van der Waals surface area contributed by atoms with Crippen LogP contribution in [0.4, 0.5) is 17.1 Å². The standard InChI is InChI=1S/C32H27NO4.C9H8N2/c34-32(24-15-17-29(33(35)36)30(19-24)37-20-21-8-2-1-3-9-21)28-18-23-11-5-6-12-25(23)27-16-14-22-10-4-7-13-26(22)31(27)28;1-2-5-9-8(4-1)10-6-3-7-11-9/h1-3,5-6,8-9,11-12,14-17,19,28H,4,7,10,13,18,20H2;1-7,10H. The lowest BCUT2D eigenvalue weighted by molar-refractivity contribution is -0.385. The van der Waals surface area contributed by atoms with Gasteiger partial charge >= 0.3 is 5.69 Å². The molecule has 0 saturated carbocycles. The Bertz CT molecular complexity index is 2050. The number of hydrogen-bond donors (Lipinski definition) is 1. The zero-order valence-corrected chi connectivity index (χ0v) is 26.5. The predicted octanol–water partition coefficient (Wildman–Crippen LogP) is 9.57. The molecule has 0 spiro atoms. The summed E-state index contributed by atoms with van der Waals surface area (Å²) in [5.41, 5.74) is 10.5. The van der Waals surface area contributed by atoms with Crippen molar-refractivity contribution >= 4 is 29.1 Å². The number of benzene rings is 5. The first kappa shape index (κ1) is 30.8. The molecule has 1 N–H and O–H groups in total. The number of nitrogens with one attached hydrogen (secondary N) is 1. The van der Waals surface area contributed by atoms with Crippen LogP contribution in [-0.2, 0) is 25.9 Å². The number of hydrogen-bond acceptors (Lipinski definition) is 6. The van der Waals surface area contributed by atoms with Crippen LogP contribution in [-0.4, -0.2) is 16.9 Å². The van der Waals surface area contributed by atoms with Gasteiger partial charge in [-0.25, -0.2) is 0 Å². The number of para-hydroxylation sites is 2. The first-order valence-electron chi connectivity index (χ1n) is 16.3. The topological polar surface area (TPSA) is 93.8 Å². The summed E-state index contributed by atoms with van der Waals surface area (Å²) in [5.74, 6) is -0.234. The van der Waals surface area contributed by atoms with Gasteiger partial charge in [0.05, 0.1) is 22.2 Å². The minimum absolute atomic E-state index is 0.0193. The first-order valence-corrected chi connectivity index (χ1v) is 16.3. The molecule has 7 heteroatoms. The van der Waals surface area contributed by atoms with E-state index < -0.39 is 4.92 Å². The van der Waals surface area contributed by atoms with Crippen molar-refractivity contribution in [1.82, 2.24) is 0 Å². The molecular formula is C41H35N3O4. The van der Waals surface area contributed by atoms with Crippen LogP contribution < -0.4 is 10.1 Å². The molecular weight excluding hydrogens is 598 g/mol. The summed E-state index contributed by atoms with van der Waals surface area (Å²) in [6.45, 7) is 0.187. The highest BCUT2D eigenvalue weighted by molar-refractivity contribution is 6.04. The Morgan fingerprint density at radius 2 is 1.65 bits per heavy atom. The van der Waals surface area contributed by atoms with Crippen molar-refractivity contribution in [2.24, 2.45) is 4.99 Å². The Morgan fingerprint density at radius 3 is 2.52 bits per heavy atom. The van der Waals surface area contributed by atoms with Gasteiger partial charge in [-0.2, -0.15) is 0 Å². The third-order valence-electron chi connectivity index (χ3n) is 9.19. The minimum Gasteiger partial charge on any atom is -0.482 e. The molecule has 5 aromatic carbocycles. The number of rotatable bonds is 6. The third-order valence-corrected chi connectivity index (χ3v) is 9.19. The number of aryl methyl sites for hydroxylation is 1. The van der Waals surface area contributed by atoms with Crippen LogP contribution in [0.15, 0.2) is 126 Å². The van der Waals surface area contributed by atoms with Gasteiger partial charge in [0.15, 0.2) is 11.5 Å². The van der Waals surface area contributed by atoms with E-state index in [9.17, 15) is 14.9 Å². The molecule has 5 aromatic rings. The Labute approximate surface area is 279 Å². The van der Waals surface area contributed by atoms with E-state index in [4.69, 9.17) is 4.74 Å². The fraction of sp³-hybridized carbons (Fsp3) is 0.171. The number of aliphatic imine (C=N–C) groups is 1.